The van der Waals surface area contributed by atoms with Crippen molar-refractivity contribution < 1.29 is 14.0 Å². The van der Waals surface area contributed by atoms with Crippen LogP contribution in [0.5, 0.6) is 0 Å². The van der Waals surface area contributed by atoms with Gasteiger partial charge in [-0.2, -0.15) is 0 Å². The van der Waals surface area contributed by atoms with Crippen LogP contribution in [-0.2, 0) is 9.63 Å². The number of hydrogen-bond donors (Lipinski definition) is 1. The second-order valence-electron chi connectivity index (χ2n) is 5.25. The van der Waals surface area contributed by atoms with Crippen molar-refractivity contribution in [3.63, 3.8) is 0 Å². The number of hydrogen-bond acceptors (Lipinski definition) is 4. The van der Waals surface area contributed by atoms with Gasteiger partial charge >= 0.3 is 0 Å². The van der Waals surface area contributed by atoms with Crippen molar-refractivity contribution in [2.75, 3.05) is 26.2 Å². The number of carbonyl (C=O) groups is 1. The van der Waals surface area contributed by atoms with Crippen LogP contribution in [0.3, 0.4) is 0 Å². The minimum atomic E-state index is -0.739. The lowest BCUT2D eigenvalue weighted by Gasteiger charge is -2.18. The lowest BCUT2D eigenvalue weighted by atomic mass is 10.0. The average Bonchev–Trinajstić information content (AvgIpc) is 3.01. The minimum Gasteiger partial charge on any atom is -0.382 e. The van der Waals surface area contributed by atoms with Gasteiger partial charge in [-0.25, -0.2) is 4.39 Å². The van der Waals surface area contributed by atoms with Crippen molar-refractivity contribution >= 4 is 23.2 Å². The first-order valence-corrected chi connectivity index (χ1v) is 8.11. The van der Waals surface area contributed by atoms with Crippen LogP contribution < -0.4 is 5.32 Å². The topological polar surface area (TPSA) is 53.9 Å². The molecule has 1 heterocycles. The predicted molar refractivity (Wildman–Crippen MR) is 88.2 cm³/mol. The van der Waals surface area contributed by atoms with E-state index in [4.69, 9.17) is 16.4 Å². The summed E-state index contributed by atoms with van der Waals surface area (Å²) in [5, 5.41) is 6.91. The molecule has 1 N–H and O–H groups in total. The number of oxime groups is 1. The van der Waals surface area contributed by atoms with Crippen LogP contribution >= 0.6 is 11.6 Å². The Hall–Kier alpha value is -1.66. The molecule has 0 radical (unpaired) electrons. The van der Waals surface area contributed by atoms with Gasteiger partial charge in [-0.1, -0.05) is 36.7 Å². The molecule has 0 saturated carbocycles. The molecular formula is C16H21ClFN3O2. The molecule has 0 bridgehead atoms. The van der Waals surface area contributed by atoms with Crippen LogP contribution in [0, 0.1) is 5.82 Å². The smallest absolute Gasteiger partial charge is 0.264 e. The summed E-state index contributed by atoms with van der Waals surface area (Å²) in [4.78, 5) is 19.4. The van der Waals surface area contributed by atoms with Gasteiger partial charge in [0.15, 0.2) is 0 Å². The number of carbonyl (C=O) groups excluding carboxylic acids is 1. The number of halogens is 2. The lowest BCUT2D eigenvalue weighted by molar-refractivity contribution is -0.131. The van der Waals surface area contributed by atoms with Crippen molar-refractivity contribution in [1.29, 1.82) is 0 Å². The highest BCUT2D eigenvalue weighted by molar-refractivity contribution is 6.34. The first-order chi connectivity index (χ1) is 11.1. The Morgan fingerprint density at radius 2 is 2.22 bits per heavy atom. The first-order valence-electron chi connectivity index (χ1n) is 7.73. The SMILES string of the molecule is CCN(CC)CCNC(=O)C1CC(c2c(F)cccc2Cl)=NO1. The van der Waals surface area contributed by atoms with Crippen molar-refractivity contribution in [2.24, 2.45) is 5.16 Å². The van der Waals surface area contributed by atoms with Crippen LogP contribution in [-0.4, -0.2) is 48.8 Å². The van der Waals surface area contributed by atoms with Gasteiger partial charge in [0.1, 0.15) is 5.82 Å². The zero-order chi connectivity index (χ0) is 16.8. The second kappa shape index (κ2) is 8.26. The summed E-state index contributed by atoms with van der Waals surface area (Å²) in [6.07, 6.45) is -0.532. The van der Waals surface area contributed by atoms with Crippen molar-refractivity contribution in [2.45, 2.75) is 26.4 Å². The molecule has 0 fully saturated rings. The van der Waals surface area contributed by atoms with E-state index >= 15 is 0 Å². The van der Waals surface area contributed by atoms with Crippen LogP contribution in [0.2, 0.25) is 5.02 Å². The van der Waals surface area contributed by atoms with E-state index in [1.165, 1.54) is 12.1 Å². The van der Waals surface area contributed by atoms with Gasteiger partial charge in [0, 0.05) is 19.5 Å². The number of nitrogens with one attached hydrogen (secondary N) is 1. The van der Waals surface area contributed by atoms with Crippen LogP contribution in [0.1, 0.15) is 25.8 Å². The molecule has 2 rings (SSSR count). The van der Waals surface area contributed by atoms with Crippen molar-refractivity contribution in [3.05, 3.63) is 34.6 Å². The number of amides is 1. The Bertz CT molecular complexity index is 570. The van der Waals surface area contributed by atoms with Gasteiger partial charge in [-0.3, -0.25) is 4.79 Å². The maximum Gasteiger partial charge on any atom is 0.264 e. The molecule has 1 unspecified atom stereocenters. The summed E-state index contributed by atoms with van der Waals surface area (Å²) in [6, 6.07) is 4.41. The fourth-order valence-electron chi connectivity index (χ4n) is 2.43. The third-order valence-electron chi connectivity index (χ3n) is 3.83. The Morgan fingerprint density at radius 1 is 1.48 bits per heavy atom. The van der Waals surface area contributed by atoms with Gasteiger partial charge in [0.2, 0.25) is 6.10 Å². The minimum absolute atomic E-state index is 0.201. The van der Waals surface area contributed by atoms with Crippen LogP contribution in [0.25, 0.3) is 0 Å². The molecule has 1 aromatic carbocycles. The van der Waals surface area contributed by atoms with Crippen molar-refractivity contribution in [3.8, 4) is 0 Å². The zero-order valence-electron chi connectivity index (χ0n) is 13.3. The molecule has 1 aliphatic rings. The van der Waals surface area contributed by atoms with Gasteiger partial charge in [-0.05, 0) is 25.2 Å². The summed E-state index contributed by atoms with van der Waals surface area (Å²) in [5.41, 5.74) is 0.560. The highest BCUT2D eigenvalue weighted by atomic mass is 35.5. The lowest BCUT2D eigenvalue weighted by Crippen LogP contribution is -2.39. The van der Waals surface area contributed by atoms with Gasteiger partial charge < -0.3 is 15.1 Å². The Balaban J connectivity index is 1.88. The molecule has 126 valence electrons. The first kappa shape index (κ1) is 17.7. The second-order valence-corrected chi connectivity index (χ2v) is 5.66. The summed E-state index contributed by atoms with van der Waals surface area (Å²) in [5.74, 6) is -0.717. The number of nitrogens with zero attached hydrogens (tertiary/aromatic N) is 2. The summed E-state index contributed by atoms with van der Waals surface area (Å²) >= 11 is 6.00. The Labute approximate surface area is 140 Å². The zero-order valence-corrected chi connectivity index (χ0v) is 14.1. The summed E-state index contributed by atoms with van der Waals surface area (Å²) < 4.78 is 13.9. The summed E-state index contributed by atoms with van der Waals surface area (Å²) in [6.45, 7) is 7.33. The van der Waals surface area contributed by atoms with E-state index in [0.717, 1.165) is 19.6 Å². The monoisotopic (exact) mass is 341 g/mol. The summed E-state index contributed by atoms with van der Waals surface area (Å²) in [7, 11) is 0. The van der Waals surface area contributed by atoms with Gasteiger partial charge in [0.25, 0.3) is 5.91 Å². The predicted octanol–water partition coefficient (Wildman–Crippen LogP) is 2.43. The molecule has 7 heteroatoms. The Kier molecular flexibility index (Phi) is 6.36. The largest absolute Gasteiger partial charge is 0.382 e. The molecule has 0 aliphatic carbocycles. The molecule has 1 amide bonds. The standard InChI is InChI=1S/C16H21ClFN3O2/c1-3-21(4-2)9-8-19-16(22)14-10-13(20-23-14)15-11(17)6-5-7-12(15)18/h5-7,14H,3-4,8-10H2,1-2H3,(H,19,22). The molecule has 1 atom stereocenters. The van der Waals surface area contributed by atoms with E-state index in [1.54, 1.807) is 6.07 Å². The Morgan fingerprint density at radius 3 is 2.87 bits per heavy atom. The van der Waals surface area contributed by atoms with E-state index < -0.39 is 11.9 Å². The van der Waals surface area contributed by atoms with E-state index in [1.807, 2.05) is 0 Å². The molecule has 1 aromatic rings. The highest BCUT2D eigenvalue weighted by Gasteiger charge is 2.30. The molecule has 1 aliphatic heterocycles. The number of benzene rings is 1. The molecular weight excluding hydrogens is 321 g/mol. The molecule has 0 aromatic heterocycles. The maximum atomic E-state index is 13.9. The number of rotatable bonds is 7. The average molecular weight is 342 g/mol. The molecule has 5 nitrogen and oxygen atoms in total. The molecule has 0 saturated heterocycles. The fourth-order valence-corrected chi connectivity index (χ4v) is 2.70. The van der Waals surface area contributed by atoms with Crippen molar-refractivity contribution in [1.82, 2.24) is 10.2 Å². The fraction of sp³-hybridized carbons (Fsp3) is 0.500. The van der Waals surface area contributed by atoms with Crippen LogP contribution in [0.15, 0.2) is 23.4 Å². The third-order valence-corrected chi connectivity index (χ3v) is 4.15. The van der Waals surface area contributed by atoms with Gasteiger partial charge in [-0.15, -0.1) is 0 Å². The van der Waals surface area contributed by atoms with E-state index in [0.29, 0.717) is 12.3 Å². The highest BCUT2D eigenvalue weighted by Crippen LogP contribution is 2.25. The normalized spacial score (nSPS) is 17.1. The number of likely N-dealkylation sites (N-methyl/N-ethyl adjacent to an activating group) is 1. The van der Waals surface area contributed by atoms with Gasteiger partial charge in [0.05, 0.1) is 16.3 Å². The van der Waals surface area contributed by atoms with E-state index in [-0.39, 0.29) is 22.9 Å². The molecule has 0 spiro atoms. The van der Waals surface area contributed by atoms with E-state index in [2.05, 4.69) is 29.2 Å². The quantitative estimate of drug-likeness (QED) is 0.828. The molecule has 23 heavy (non-hydrogen) atoms. The van der Waals surface area contributed by atoms with E-state index in [9.17, 15) is 9.18 Å². The third kappa shape index (κ3) is 4.42. The van der Waals surface area contributed by atoms with Crippen LogP contribution in [0.4, 0.5) is 4.39 Å². The maximum absolute atomic E-state index is 13.9.